The molecule has 1 aromatic rings. The molecule has 2 N–H and O–H groups in total. The number of hydrogen-bond acceptors (Lipinski definition) is 3. The molecule has 90 valence electrons. The van der Waals surface area contributed by atoms with Gasteiger partial charge in [-0.25, -0.2) is 0 Å². The van der Waals surface area contributed by atoms with Crippen molar-refractivity contribution in [2.75, 3.05) is 20.3 Å². The molecule has 0 saturated heterocycles. The summed E-state index contributed by atoms with van der Waals surface area (Å²) in [5.74, 6) is 2.23. The third kappa shape index (κ3) is 3.42. The molecule has 0 spiro atoms. The summed E-state index contributed by atoms with van der Waals surface area (Å²) >= 11 is 0. The van der Waals surface area contributed by atoms with Gasteiger partial charge >= 0.3 is 0 Å². The van der Waals surface area contributed by atoms with Crippen LogP contribution >= 0.6 is 0 Å². The lowest BCUT2D eigenvalue weighted by Crippen LogP contribution is -2.06. The molecule has 0 saturated carbocycles. The average molecular weight is 223 g/mol. The second-order valence-corrected chi connectivity index (χ2v) is 4.05. The zero-order chi connectivity index (χ0) is 12.0. The van der Waals surface area contributed by atoms with E-state index in [1.165, 1.54) is 5.56 Å². The number of ether oxygens (including phenoxy) is 2. The number of methoxy groups -OCH3 is 1. The number of nitrogens with two attached hydrogens (primary N) is 1. The lowest BCUT2D eigenvalue weighted by atomic mass is 10.0. The summed E-state index contributed by atoms with van der Waals surface area (Å²) < 4.78 is 10.9. The first-order chi connectivity index (χ1) is 7.69. The zero-order valence-electron chi connectivity index (χ0n) is 10.3. The minimum absolute atomic E-state index is 0.424. The molecule has 3 heteroatoms. The maximum Gasteiger partial charge on any atom is 0.122 e. The summed E-state index contributed by atoms with van der Waals surface area (Å²) in [6.45, 7) is 5.61. The van der Waals surface area contributed by atoms with E-state index in [-0.39, 0.29) is 0 Å². The molecule has 0 aromatic heterocycles. The molecule has 0 aliphatic heterocycles. The highest BCUT2D eigenvalue weighted by atomic mass is 16.5. The Labute approximate surface area is 97.6 Å². The summed E-state index contributed by atoms with van der Waals surface area (Å²) in [5, 5.41) is 0. The molecular formula is C13H21NO2. The molecule has 1 aromatic carbocycles. The Kier molecular flexibility index (Phi) is 5.12. The van der Waals surface area contributed by atoms with Crippen molar-refractivity contribution in [2.45, 2.75) is 26.2 Å². The van der Waals surface area contributed by atoms with Crippen LogP contribution in [0.1, 0.15) is 31.7 Å². The smallest absolute Gasteiger partial charge is 0.122 e. The van der Waals surface area contributed by atoms with Gasteiger partial charge in [-0.15, -0.1) is 0 Å². The average Bonchev–Trinajstić information content (AvgIpc) is 2.29. The van der Waals surface area contributed by atoms with Crippen LogP contribution in [0.3, 0.4) is 0 Å². The van der Waals surface area contributed by atoms with Gasteiger partial charge in [-0.2, -0.15) is 0 Å². The molecule has 1 rings (SSSR count). The van der Waals surface area contributed by atoms with E-state index in [4.69, 9.17) is 15.2 Å². The van der Waals surface area contributed by atoms with E-state index in [1.54, 1.807) is 7.11 Å². The summed E-state index contributed by atoms with van der Waals surface area (Å²) in [7, 11) is 1.69. The van der Waals surface area contributed by atoms with Gasteiger partial charge in [0.15, 0.2) is 0 Å². The highest BCUT2D eigenvalue weighted by Gasteiger charge is 2.08. The normalized spacial score (nSPS) is 10.6. The largest absolute Gasteiger partial charge is 0.496 e. The van der Waals surface area contributed by atoms with E-state index in [0.29, 0.717) is 19.1 Å². The minimum Gasteiger partial charge on any atom is -0.496 e. The first-order valence-corrected chi connectivity index (χ1v) is 5.69. The van der Waals surface area contributed by atoms with Crippen LogP contribution in [-0.4, -0.2) is 20.3 Å². The highest BCUT2D eigenvalue weighted by Crippen LogP contribution is 2.30. The monoisotopic (exact) mass is 223 g/mol. The lowest BCUT2D eigenvalue weighted by molar-refractivity contribution is 0.312. The van der Waals surface area contributed by atoms with E-state index >= 15 is 0 Å². The van der Waals surface area contributed by atoms with Gasteiger partial charge < -0.3 is 15.2 Å². The van der Waals surface area contributed by atoms with Crippen LogP contribution in [0, 0.1) is 0 Å². The van der Waals surface area contributed by atoms with Crippen LogP contribution in [0.2, 0.25) is 0 Å². The maximum absolute atomic E-state index is 5.60. The Balaban J connectivity index is 2.77. The molecule has 0 heterocycles. The van der Waals surface area contributed by atoms with Gasteiger partial charge in [0.05, 0.1) is 13.7 Å². The van der Waals surface area contributed by atoms with E-state index in [0.717, 1.165) is 17.9 Å². The fourth-order valence-electron chi connectivity index (χ4n) is 1.53. The van der Waals surface area contributed by atoms with Crippen molar-refractivity contribution in [3.8, 4) is 11.5 Å². The lowest BCUT2D eigenvalue weighted by Gasteiger charge is -2.14. The van der Waals surface area contributed by atoms with Crippen molar-refractivity contribution in [1.82, 2.24) is 0 Å². The fraction of sp³-hybridized carbons (Fsp3) is 0.538. The van der Waals surface area contributed by atoms with Crippen molar-refractivity contribution < 1.29 is 9.47 Å². The third-order valence-corrected chi connectivity index (χ3v) is 2.44. The summed E-state index contributed by atoms with van der Waals surface area (Å²) in [5.41, 5.74) is 6.59. The summed E-state index contributed by atoms with van der Waals surface area (Å²) in [4.78, 5) is 0. The van der Waals surface area contributed by atoms with Gasteiger partial charge in [-0.3, -0.25) is 0 Å². The van der Waals surface area contributed by atoms with E-state index < -0.39 is 0 Å². The van der Waals surface area contributed by atoms with Crippen LogP contribution in [0.25, 0.3) is 0 Å². The molecule has 0 bridgehead atoms. The molecular weight excluding hydrogens is 202 g/mol. The quantitative estimate of drug-likeness (QED) is 0.754. The molecule has 0 amide bonds. The van der Waals surface area contributed by atoms with Gasteiger partial charge in [0, 0.05) is 5.56 Å². The van der Waals surface area contributed by atoms with Crippen molar-refractivity contribution in [1.29, 1.82) is 0 Å². The molecule has 0 aliphatic carbocycles. The van der Waals surface area contributed by atoms with Gasteiger partial charge in [0.2, 0.25) is 0 Å². The van der Waals surface area contributed by atoms with Gasteiger partial charge in [-0.05, 0) is 37.1 Å². The van der Waals surface area contributed by atoms with Crippen molar-refractivity contribution in [3.63, 3.8) is 0 Å². The summed E-state index contributed by atoms with van der Waals surface area (Å²) in [6, 6.07) is 5.92. The van der Waals surface area contributed by atoms with Crippen LogP contribution in [0.4, 0.5) is 0 Å². The topological polar surface area (TPSA) is 44.5 Å². The van der Waals surface area contributed by atoms with Crippen molar-refractivity contribution in [2.24, 2.45) is 5.73 Å². The molecule has 0 aliphatic rings. The first-order valence-electron chi connectivity index (χ1n) is 5.69. The van der Waals surface area contributed by atoms with E-state index in [9.17, 15) is 0 Å². The summed E-state index contributed by atoms with van der Waals surface area (Å²) in [6.07, 6.45) is 0.878. The molecule has 16 heavy (non-hydrogen) atoms. The minimum atomic E-state index is 0.424. The van der Waals surface area contributed by atoms with Gasteiger partial charge in [0.1, 0.15) is 11.5 Å². The Morgan fingerprint density at radius 1 is 1.31 bits per heavy atom. The van der Waals surface area contributed by atoms with Crippen LogP contribution in [0.5, 0.6) is 11.5 Å². The van der Waals surface area contributed by atoms with Crippen LogP contribution < -0.4 is 15.2 Å². The second kappa shape index (κ2) is 6.38. The third-order valence-electron chi connectivity index (χ3n) is 2.44. The van der Waals surface area contributed by atoms with E-state index in [2.05, 4.69) is 13.8 Å². The number of rotatable bonds is 6. The molecule has 0 atom stereocenters. The highest BCUT2D eigenvalue weighted by molar-refractivity contribution is 5.42. The zero-order valence-corrected chi connectivity index (χ0v) is 10.3. The van der Waals surface area contributed by atoms with Crippen molar-refractivity contribution in [3.05, 3.63) is 23.8 Å². The van der Waals surface area contributed by atoms with Gasteiger partial charge in [0.25, 0.3) is 0 Å². The number of hydrogen-bond donors (Lipinski definition) is 1. The van der Waals surface area contributed by atoms with Crippen LogP contribution in [0.15, 0.2) is 18.2 Å². The van der Waals surface area contributed by atoms with Crippen LogP contribution in [-0.2, 0) is 0 Å². The molecule has 0 radical (unpaired) electrons. The Morgan fingerprint density at radius 3 is 2.62 bits per heavy atom. The SMILES string of the molecule is COc1ccc(OCCCN)cc1C(C)C. The predicted octanol–water partition coefficient (Wildman–Crippen LogP) is 2.55. The van der Waals surface area contributed by atoms with Gasteiger partial charge in [-0.1, -0.05) is 13.8 Å². The Bertz CT molecular complexity index is 324. The standard InChI is InChI=1S/C13H21NO2/c1-10(2)12-9-11(16-8-4-7-14)5-6-13(12)15-3/h5-6,9-10H,4,7-8,14H2,1-3H3. The Hall–Kier alpha value is -1.22. The maximum atomic E-state index is 5.60. The molecule has 3 nitrogen and oxygen atoms in total. The molecule has 0 unspecified atom stereocenters. The predicted molar refractivity (Wildman–Crippen MR) is 66.2 cm³/mol. The number of benzene rings is 1. The second-order valence-electron chi connectivity index (χ2n) is 4.05. The Morgan fingerprint density at radius 2 is 2.06 bits per heavy atom. The van der Waals surface area contributed by atoms with Crippen molar-refractivity contribution >= 4 is 0 Å². The first kappa shape index (κ1) is 12.8. The molecule has 0 fully saturated rings. The van der Waals surface area contributed by atoms with E-state index in [1.807, 2.05) is 18.2 Å². The fourth-order valence-corrected chi connectivity index (χ4v) is 1.53.